The molecule has 3 nitrogen and oxygen atoms in total. The minimum absolute atomic E-state index is 0.276. The Bertz CT molecular complexity index is 76.0. The summed E-state index contributed by atoms with van der Waals surface area (Å²) in [5.41, 5.74) is 5.16. The van der Waals surface area contributed by atoms with Gasteiger partial charge in [0, 0.05) is 13.2 Å². The lowest BCUT2D eigenvalue weighted by Gasteiger charge is -2.09. The molecule has 0 aromatic heterocycles. The largest absolute Gasteiger partial charge is 0.389 e. The van der Waals surface area contributed by atoms with Crippen LogP contribution in [0.1, 0.15) is 13.8 Å². The number of aliphatic hydroxyl groups excluding tert-OH is 1. The third kappa shape index (κ3) is 6.01. The summed E-state index contributed by atoms with van der Waals surface area (Å²) in [5.74, 6) is 0.518. The molecule has 0 aromatic rings. The SMILES string of the molecule is CC(C)COC[C@H](O)CN. The monoisotopic (exact) mass is 147 g/mol. The molecular formula is C7H17NO2. The fraction of sp³-hybridized carbons (Fsp3) is 1.00. The van der Waals surface area contributed by atoms with E-state index in [0.29, 0.717) is 19.1 Å². The Labute approximate surface area is 62.2 Å². The van der Waals surface area contributed by atoms with Crippen LogP contribution in [0.5, 0.6) is 0 Å². The number of aliphatic hydroxyl groups is 1. The summed E-state index contributed by atoms with van der Waals surface area (Å²) in [5, 5.41) is 8.92. The van der Waals surface area contributed by atoms with Gasteiger partial charge in [0.25, 0.3) is 0 Å². The molecule has 3 N–H and O–H groups in total. The Morgan fingerprint density at radius 2 is 2.00 bits per heavy atom. The molecule has 0 rings (SSSR count). The van der Waals surface area contributed by atoms with Crippen molar-refractivity contribution in [2.75, 3.05) is 19.8 Å². The lowest BCUT2D eigenvalue weighted by Crippen LogP contribution is -2.25. The van der Waals surface area contributed by atoms with Crippen molar-refractivity contribution in [1.29, 1.82) is 0 Å². The zero-order valence-electron chi connectivity index (χ0n) is 6.71. The first-order chi connectivity index (χ1) is 4.66. The molecule has 0 aliphatic carbocycles. The van der Waals surface area contributed by atoms with Gasteiger partial charge in [-0.15, -0.1) is 0 Å². The van der Waals surface area contributed by atoms with E-state index in [1.165, 1.54) is 0 Å². The zero-order chi connectivity index (χ0) is 7.98. The van der Waals surface area contributed by atoms with Crippen molar-refractivity contribution in [3.8, 4) is 0 Å². The van der Waals surface area contributed by atoms with Crippen molar-refractivity contribution < 1.29 is 9.84 Å². The van der Waals surface area contributed by atoms with E-state index in [2.05, 4.69) is 13.8 Å². The van der Waals surface area contributed by atoms with E-state index < -0.39 is 6.10 Å². The Kier molecular flexibility index (Phi) is 5.58. The first-order valence-electron chi connectivity index (χ1n) is 3.62. The summed E-state index contributed by atoms with van der Waals surface area (Å²) in [4.78, 5) is 0. The number of nitrogens with two attached hydrogens (primary N) is 1. The molecule has 0 unspecified atom stereocenters. The summed E-state index contributed by atoms with van der Waals surface area (Å²) < 4.78 is 5.12. The van der Waals surface area contributed by atoms with Crippen LogP contribution in [0.25, 0.3) is 0 Å². The second-order valence-corrected chi connectivity index (χ2v) is 2.82. The van der Waals surface area contributed by atoms with E-state index >= 15 is 0 Å². The van der Waals surface area contributed by atoms with Crippen LogP contribution in [0.4, 0.5) is 0 Å². The zero-order valence-corrected chi connectivity index (χ0v) is 6.71. The quantitative estimate of drug-likeness (QED) is 0.574. The molecule has 1 atom stereocenters. The predicted molar refractivity (Wildman–Crippen MR) is 40.7 cm³/mol. The molecular weight excluding hydrogens is 130 g/mol. The third-order valence-electron chi connectivity index (χ3n) is 1.03. The average molecular weight is 147 g/mol. The fourth-order valence-corrected chi connectivity index (χ4v) is 0.508. The summed E-state index contributed by atoms with van der Waals surface area (Å²) in [6.07, 6.45) is -0.501. The molecule has 62 valence electrons. The highest BCUT2D eigenvalue weighted by atomic mass is 16.5. The fourth-order valence-electron chi connectivity index (χ4n) is 0.508. The van der Waals surface area contributed by atoms with E-state index in [1.54, 1.807) is 0 Å². The van der Waals surface area contributed by atoms with Crippen LogP contribution in [0.2, 0.25) is 0 Å². The van der Waals surface area contributed by atoms with Gasteiger partial charge in [0.2, 0.25) is 0 Å². The first kappa shape index (κ1) is 9.88. The van der Waals surface area contributed by atoms with Crippen LogP contribution in [-0.4, -0.2) is 31.0 Å². The summed E-state index contributed by atoms with van der Waals surface area (Å²) in [7, 11) is 0. The Morgan fingerprint density at radius 3 is 2.40 bits per heavy atom. The molecule has 0 bridgehead atoms. The van der Waals surface area contributed by atoms with E-state index in [-0.39, 0.29) is 6.54 Å². The highest BCUT2D eigenvalue weighted by Gasteiger charge is 2.00. The van der Waals surface area contributed by atoms with Gasteiger partial charge in [0.15, 0.2) is 0 Å². The van der Waals surface area contributed by atoms with Gasteiger partial charge in [-0.25, -0.2) is 0 Å². The average Bonchev–Trinajstić information content (AvgIpc) is 1.87. The number of rotatable bonds is 5. The molecule has 0 aliphatic heterocycles. The van der Waals surface area contributed by atoms with Gasteiger partial charge in [-0.3, -0.25) is 0 Å². The van der Waals surface area contributed by atoms with Crippen molar-refractivity contribution in [3.05, 3.63) is 0 Å². The number of hydrogen-bond donors (Lipinski definition) is 2. The summed E-state index contributed by atoms with van der Waals surface area (Å²) in [6, 6.07) is 0. The van der Waals surface area contributed by atoms with Crippen molar-refractivity contribution in [1.82, 2.24) is 0 Å². The van der Waals surface area contributed by atoms with Gasteiger partial charge in [-0.2, -0.15) is 0 Å². The van der Waals surface area contributed by atoms with Gasteiger partial charge in [-0.05, 0) is 5.92 Å². The van der Waals surface area contributed by atoms with Crippen LogP contribution in [-0.2, 0) is 4.74 Å². The minimum atomic E-state index is -0.501. The minimum Gasteiger partial charge on any atom is -0.389 e. The Hall–Kier alpha value is -0.120. The standard InChI is InChI=1S/C7H17NO2/c1-6(2)4-10-5-7(9)3-8/h6-7,9H,3-5,8H2,1-2H3/t7-/m1/s1. The topological polar surface area (TPSA) is 55.5 Å². The van der Waals surface area contributed by atoms with Gasteiger partial charge in [-0.1, -0.05) is 13.8 Å². The van der Waals surface area contributed by atoms with E-state index in [1.807, 2.05) is 0 Å². The molecule has 3 heteroatoms. The van der Waals surface area contributed by atoms with Crippen LogP contribution in [0, 0.1) is 5.92 Å². The van der Waals surface area contributed by atoms with Gasteiger partial charge in [0.05, 0.1) is 12.7 Å². The van der Waals surface area contributed by atoms with Gasteiger partial charge in [0.1, 0.15) is 0 Å². The maximum Gasteiger partial charge on any atom is 0.0895 e. The second kappa shape index (κ2) is 5.65. The molecule has 0 aliphatic rings. The Morgan fingerprint density at radius 1 is 1.40 bits per heavy atom. The molecule has 10 heavy (non-hydrogen) atoms. The Balaban J connectivity index is 3.03. The molecule has 0 amide bonds. The normalized spacial score (nSPS) is 14.1. The molecule has 0 saturated heterocycles. The maximum atomic E-state index is 8.92. The lowest BCUT2D eigenvalue weighted by atomic mass is 10.2. The first-order valence-corrected chi connectivity index (χ1v) is 3.62. The van der Waals surface area contributed by atoms with Crippen molar-refractivity contribution in [2.24, 2.45) is 11.7 Å². The number of hydrogen-bond acceptors (Lipinski definition) is 3. The molecule has 0 saturated carbocycles. The molecule has 0 heterocycles. The molecule has 0 radical (unpaired) electrons. The smallest absolute Gasteiger partial charge is 0.0895 e. The summed E-state index contributed by atoms with van der Waals surface area (Å²) in [6.45, 7) is 5.45. The van der Waals surface area contributed by atoms with Crippen LogP contribution in [0.3, 0.4) is 0 Å². The van der Waals surface area contributed by atoms with Gasteiger partial charge < -0.3 is 15.6 Å². The van der Waals surface area contributed by atoms with Gasteiger partial charge >= 0.3 is 0 Å². The molecule has 0 fully saturated rings. The summed E-state index contributed by atoms with van der Waals surface area (Å²) >= 11 is 0. The van der Waals surface area contributed by atoms with Crippen LogP contribution < -0.4 is 5.73 Å². The third-order valence-corrected chi connectivity index (χ3v) is 1.03. The van der Waals surface area contributed by atoms with E-state index in [9.17, 15) is 0 Å². The van der Waals surface area contributed by atoms with Crippen molar-refractivity contribution >= 4 is 0 Å². The molecule has 0 aromatic carbocycles. The molecule has 0 spiro atoms. The van der Waals surface area contributed by atoms with Crippen molar-refractivity contribution in [3.63, 3.8) is 0 Å². The second-order valence-electron chi connectivity index (χ2n) is 2.82. The highest BCUT2D eigenvalue weighted by molar-refractivity contribution is 4.52. The lowest BCUT2D eigenvalue weighted by molar-refractivity contribution is 0.0300. The van der Waals surface area contributed by atoms with Crippen LogP contribution >= 0.6 is 0 Å². The van der Waals surface area contributed by atoms with Crippen molar-refractivity contribution in [2.45, 2.75) is 20.0 Å². The highest BCUT2D eigenvalue weighted by Crippen LogP contribution is 1.92. The van der Waals surface area contributed by atoms with E-state index in [4.69, 9.17) is 15.6 Å². The number of ether oxygens (including phenoxy) is 1. The predicted octanol–water partition coefficient (Wildman–Crippen LogP) is -0.0214. The maximum absolute atomic E-state index is 8.92. The van der Waals surface area contributed by atoms with Crippen LogP contribution in [0.15, 0.2) is 0 Å². The van der Waals surface area contributed by atoms with E-state index in [0.717, 1.165) is 0 Å².